The molecule has 0 amide bonds. The summed E-state index contributed by atoms with van der Waals surface area (Å²) in [6.45, 7) is 1.96. The lowest BCUT2D eigenvalue weighted by Gasteiger charge is -2.10. The summed E-state index contributed by atoms with van der Waals surface area (Å²) in [6.07, 6.45) is 0.561. The predicted octanol–water partition coefficient (Wildman–Crippen LogP) is 2.86. The van der Waals surface area contributed by atoms with Crippen LogP contribution in [0.5, 0.6) is 0 Å². The lowest BCUT2D eigenvalue weighted by atomic mass is 10.0. The van der Waals surface area contributed by atoms with E-state index in [4.69, 9.17) is 4.42 Å². The van der Waals surface area contributed by atoms with Gasteiger partial charge in [-0.3, -0.25) is 0 Å². The van der Waals surface area contributed by atoms with Crippen LogP contribution in [0.15, 0.2) is 22.6 Å². The van der Waals surface area contributed by atoms with Crippen LogP contribution in [-0.4, -0.2) is 13.1 Å². The third kappa shape index (κ3) is 2.07. The highest BCUT2D eigenvalue weighted by atomic mass is 19.1. The van der Waals surface area contributed by atoms with Gasteiger partial charge < -0.3 is 9.73 Å². The van der Waals surface area contributed by atoms with Crippen LogP contribution in [0.3, 0.4) is 0 Å². The fourth-order valence-corrected chi connectivity index (χ4v) is 1.67. The molecule has 0 fully saturated rings. The van der Waals surface area contributed by atoms with Gasteiger partial charge >= 0.3 is 0 Å². The molecule has 2 aromatic rings. The largest absolute Gasteiger partial charge is 0.431 e. The third-order valence-electron chi connectivity index (χ3n) is 2.67. The van der Waals surface area contributed by atoms with Crippen molar-refractivity contribution in [2.45, 2.75) is 19.4 Å². The lowest BCUT2D eigenvalue weighted by Crippen LogP contribution is -2.23. The topological polar surface area (TPSA) is 25.2 Å². The molecule has 16 heavy (non-hydrogen) atoms. The predicted molar refractivity (Wildman–Crippen MR) is 58.4 cm³/mol. The highest BCUT2D eigenvalue weighted by Crippen LogP contribution is 2.23. The molecule has 0 aliphatic rings. The molecule has 1 atom stereocenters. The molecule has 0 spiro atoms. The van der Waals surface area contributed by atoms with Crippen LogP contribution in [0.4, 0.5) is 8.78 Å². The zero-order valence-corrected chi connectivity index (χ0v) is 9.18. The number of furan rings is 1. The summed E-state index contributed by atoms with van der Waals surface area (Å²) in [6, 6.07) is 3.61. The number of likely N-dealkylation sites (N-methyl/N-ethyl adjacent to an activating group) is 1. The van der Waals surface area contributed by atoms with E-state index in [0.717, 1.165) is 0 Å². The highest BCUT2D eigenvalue weighted by molar-refractivity contribution is 5.78. The number of hydrogen-bond donors (Lipinski definition) is 1. The molecule has 2 rings (SSSR count). The molecule has 1 aromatic carbocycles. The number of nitrogens with one attached hydrogen (secondary N) is 1. The molecule has 1 heterocycles. The van der Waals surface area contributed by atoms with Crippen LogP contribution in [0.25, 0.3) is 11.0 Å². The first-order chi connectivity index (χ1) is 7.60. The van der Waals surface area contributed by atoms with Crippen molar-refractivity contribution in [3.05, 3.63) is 35.6 Å². The van der Waals surface area contributed by atoms with Crippen molar-refractivity contribution >= 4 is 11.0 Å². The molecule has 0 radical (unpaired) electrons. The number of halogens is 2. The van der Waals surface area contributed by atoms with Crippen molar-refractivity contribution in [2.75, 3.05) is 7.05 Å². The van der Waals surface area contributed by atoms with Crippen molar-refractivity contribution in [2.24, 2.45) is 0 Å². The fraction of sp³-hybridized carbons (Fsp3) is 0.333. The van der Waals surface area contributed by atoms with Gasteiger partial charge in [-0.15, -0.1) is 0 Å². The Kier molecular flexibility index (Phi) is 2.92. The van der Waals surface area contributed by atoms with E-state index in [0.29, 0.717) is 17.4 Å². The SMILES string of the molecule is CNC(C)Cc1cc2cc(F)oc2cc1F. The summed E-state index contributed by atoms with van der Waals surface area (Å²) >= 11 is 0. The van der Waals surface area contributed by atoms with Gasteiger partial charge in [-0.1, -0.05) is 0 Å². The minimum Gasteiger partial charge on any atom is -0.431 e. The Hall–Kier alpha value is -1.42. The summed E-state index contributed by atoms with van der Waals surface area (Å²) in [5.41, 5.74) is 0.811. The van der Waals surface area contributed by atoms with Gasteiger partial charge in [0.1, 0.15) is 11.4 Å². The monoisotopic (exact) mass is 225 g/mol. The van der Waals surface area contributed by atoms with Crippen molar-refractivity contribution in [3.8, 4) is 0 Å². The molecular weight excluding hydrogens is 212 g/mol. The second-order valence-electron chi connectivity index (χ2n) is 3.93. The van der Waals surface area contributed by atoms with Crippen LogP contribution in [0.2, 0.25) is 0 Å². The zero-order valence-electron chi connectivity index (χ0n) is 9.18. The normalized spacial score (nSPS) is 13.2. The van der Waals surface area contributed by atoms with Crippen molar-refractivity contribution in [3.63, 3.8) is 0 Å². The van der Waals surface area contributed by atoms with Gasteiger partial charge in [0.15, 0.2) is 0 Å². The van der Waals surface area contributed by atoms with E-state index in [9.17, 15) is 8.78 Å². The third-order valence-corrected chi connectivity index (χ3v) is 2.67. The zero-order chi connectivity index (χ0) is 11.7. The Balaban J connectivity index is 2.41. The molecule has 1 unspecified atom stereocenters. The highest BCUT2D eigenvalue weighted by Gasteiger charge is 2.11. The van der Waals surface area contributed by atoms with E-state index < -0.39 is 6.01 Å². The van der Waals surface area contributed by atoms with Crippen LogP contribution in [-0.2, 0) is 6.42 Å². The van der Waals surface area contributed by atoms with E-state index in [-0.39, 0.29) is 17.4 Å². The Morgan fingerprint density at radius 3 is 2.75 bits per heavy atom. The first-order valence-electron chi connectivity index (χ1n) is 5.15. The lowest BCUT2D eigenvalue weighted by molar-refractivity contribution is 0.380. The van der Waals surface area contributed by atoms with Crippen LogP contribution >= 0.6 is 0 Å². The molecule has 0 saturated heterocycles. The van der Waals surface area contributed by atoms with Crippen molar-refractivity contribution in [1.29, 1.82) is 0 Å². The van der Waals surface area contributed by atoms with Gasteiger partial charge in [-0.25, -0.2) is 4.39 Å². The molecule has 86 valence electrons. The molecule has 1 N–H and O–H groups in total. The smallest absolute Gasteiger partial charge is 0.278 e. The number of rotatable bonds is 3. The van der Waals surface area contributed by atoms with Crippen molar-refractivity contribution in [1.82, 2.24) is 5.32 Å². The molecule has 4 heteroatoms. The molecule has 0 bridgehead atoms. The minimum absolute atomic E-state index is 0.170. The maximum Gasteiger partial charge on any atom is 0.278 e. The summed E-state index contributed by atoms with van der Waals surface area (Å²) in [7, 11) is 1.82. The quantitative estimate of drug-likeness (QED) is 0.868. The molecule has 0 aliphatic carbocycles. The first kappa shape index (κ1) is 11.1. The molecule has 0 saturated carbocycles. The average molecular weight is 225 g/mol. The average Bonchev–Trinajstić information content (AvgIpc) is 2.58. The summed E-state index contributed by atoms with van der Waals surface area (Å²) in [5, 5.41) is 3.62. The van der Waals surface area contributed by atoms with E-state index in [2.05, 4.69) is 5.32 Å². The summed E-state index contributed by atoms with van der Waals surface area (Å²) < 4.78 is 31.1. The summed E-state index contributed by atoms with van der Waals surface area (Å²) in [4.78, 5) is 0. The maximum absolute atomic E-state index is 13.6. The molecule has 0 aliphatic heterocycles. The van der Waals surface area contributed by atoms with Gasteiger partial charge in [0.25, 0.3) is 6.01 Å². The summed E-state index contributed by atoms with van der Waals surface area (Å²) in [5.74, 6) is -0.357. The Bertz CT molecular complexity index is 507. The van der Waals surface area contributed by atoms with Crippen LogP contribution < -0.4 is 5.32 Å². The van der Waals surface area contributed by atoms with Crippen LogP contribution in [0.1, 0.15) is 12.5 Å². The number of fused-ring (bicyclic) bond motifs is 1. The van der Waals surface area contributed by atoms with Gasteiger partial charge in [-0.05, 0) is 32.0 Å². The minimum atomic E-state index is -0.687. The van der Waals surface area contributed by atoms with Gasteiger partial charge in [0.05, 0.1) is 0 Å². The second kappa shape index (κ2) is 4.22. The van der Waals surface area contributed by atoms with Crippen LogP contribution in [0, 0.1) is 11.8 Å². The standard InChI is InChI=1S/C12H13F2NO/c1-7(15-2)3-8-4-9-5-12(14)16-11(9)6-10(8)13/h4-7,15H,3H2,1-2H3. The fourth-order valence-electron chi connectivity index (χ4n) is 1.67. The number of benzene rings is 1. The van der Waals surface area contributed by atoms with E-state index in [1.807, 2.05) is 14.0 Å². The molecular formula is C12H13F2NO. The number of hydrogen-bond acceptors (Lipinski definition) is 2. The Labute approximate surface area is 92.2 Å². The Morgan fingerprint density at radius 1 is 1.31 bits per heavy atom. The van der Waals surface area contributed by atoms with E-state index >= 15 is 0 Å². The van der Waals surface area contributed by atoms with Crippen molar-refractivity contribution < 1.29 is 13.2 Å². The molecule has 1 aromatic heterocycles. The van der Waals surface area contributed by atoms with E-state index in [1.165, 1.54) is 12.1 Å². The van der Waals surface area contributed by atoms with Gasteiger partial charge in [0.2, 0.25) is 0 Å². The van der Waals surface area contributed by atoms with Gasteiger partial charge in [-0.2, -0.15) is 4.39 Å². The second-order valence-corrected chi connectivity index (χ2v) is 3.93. The van der Waals surface area contributed by atoms with Gasteiger partial charge in [0, 0.05) is 23.6 Å². The first-order valence-corrected chi connectivity index (χ1v) is 5.15. The van der Waals surface area contributed by atoms with E-state index in [1.54, 1.807) is 6.07 Å². The molecule has 2 nitrogen and oxygen atoms in total. The Morgan fingerprint density at radius 2 is 2.06 bits per heavy atom. The maximum atomic E-state index is 13.6.